The highest BCUT2D eigenvalue weighted by Crippen LogP contribution is 2.35. The molecule has 0 saturated heterocycles. The first kappa shape index (κ1) is 14.7. The van der Waals surface area contributed by atoms with E-state index >= 15 is 0 Å². The average Bonchev–Trinajstić information content (AvgIpc) is 2.78. The number of alkyl halides is 2. The molecular formula is C16H11F2NO2S. The van der Waals surface area contributed by atoms with Gasteiger partial charge in [0.1, 0.15) is 0 Å². The number of rotatable bonds is 4. The quantitative estimate of drug-likeness (QED) is 0.634. The number of hydrogen-bond acceptors (Lipinski definition) is 3. The van der Waals surface area contributed by atoms with E-state index in [1.807, 2.05) is 0 Å². The number of carbonyl (C=O) groups excluding carboxylic acids is 2. The maximum absolute atomic E-state index is 12.4. The van der Waals surface area contributed by atoms with E-state index < -0.39 is 18.2 Å². The Bertz CT molecular complexity index is 713. The molecule has 2 aromatic rings. The molecule has 0 atom stereocenters. The van der Waals surface area contributed by atoms with Gasteiger partial charge in [0.15, 0.2) is 0 Å². The lowest BCUT2D eigenvalue weighted by Gasteiger charge is -2.17. The number of amides is 2. The number of halogens is 2. The fraction of sp³-hybridized carbons (Fsp3) is 0.125. The van der Waals surface area contributed by atoms with Crippen molar-refractivity contribution in [3.63, 3.8) is 0 Å². The SMILES string of the molecule is O=C1c2ccccc2C(=O)N1c1ccccc1SCC(F)F. The highest BCUT2D eigenvalue weighted by atomic mass is 32.2. The molecule has 0 fully saturated rings. The molecule has 3 rings (SSSR count). The lowest BCUT2D eigenvalue weighted by Crippen LogP contribution is -2.29. The Morgan fingerprint density at radius 2 is 1.45 bits per heavy atom. The summed E-state index contributed by atoms with van der Waals surface area (Å²) >= 11 is 0.929. The van der Waals surface area contributed by atoms with Gasteiger partial charge in [0.05, 0.1) is 22.6 Å². The molecule has 0 aliphatic carbocycles. The van der Waals surface area contributed by atoms with Gasteiger partial charge in [0.25, 0.3) is 11.8 Å². The van der Waals surface area contributed by atoms with E-state index in [-0.39, 0.29) is 5.75 Å². The third-order valence-corrected chi connectivity index (χ3v) is 4.34. The lowest BCUT2D eigenvalue weighted by molar-refractivity contribution is 0.0925. The van der Waals surface area contributed by atoms with E-state index in [1.54, 1.807) is 48.5 Å². The molecule has 3 nitrogen and oxygen atoms in total. The van der Waals surface area contributed by atoms with Gasteiger partial charge >= 0.3 is 0 Å². The molecule has 0 N–H and O–H groups in total. The van der Waals surface area contributed by atoms with Crippen molar-refractivity contribution < 1.29 is 18.4 Å². The molecule has 112 valence electrons. The molecule has 0 spiro atoms. The number of fused-ring (bicyclic) bond motifs is 1. The van der Waals surface area contributed by atoms with Crippen molar-refractivity contribution in [3.8, 4) is 0 Å². The van der Waals surface area contributed by atoms with E-state index in [9.17, 15) is 18.4 Å². The van der Waals surface area contributed by atoms with Crippen LogP contribution in [0.25, 0.3) is 0 Å². The van der Waals surface area contributed by atoms with Crippen LogP contribution in [-0.4, -0.2) is 24.0 Å². The number of imide groups is 1. The van der Waals surface area contributed by atoms with Crippen LogP contribution >= 0.6 is 11.8 Å². The van der Waals surface area contributed by atoms with E-state index in [2.05, 4.69) is 0 Å². The van der Waals surface area contributed by atoms with Crippen molar-refractivity contribution in [1.29, 1.82) is 0 Å². The number of anilines is 1. The first-order valence-electron chi connectivity index (χ1n) is 6.57. The number of thioether (sulfide) groups is 1. The minimum absolute atomic E-state index is 0.334. The van der Waals surface area contributed by atoms with E-state index in [1.165, 1.54) is 0 Å². The van der Waals surface area contributed by atoms with Gasteiger partial charge in [-0.15, -0.1) is 11.8 Å². The lowest BCUT2D eigenvalue weighted by atomic mass is 10.1. The largest absolute Gasteiger partial charge is 0.268 e. The number of benzene rings is 2. The molecule has 2 aromatic carbocycles. The molecule has 0 radical (unpaired) electrons. The predicted octanol–water partition coefficient (Wildman–Crippen LogP) is 3.84. The Morgan fingerprint density at radius 3 is 2.05 bits per heavy atom. The van der Waals surface area contributed by atoms with E-state index in [0.29, 0.717) is 21.7 Å². The molecule has 2 amide bonds. The smallest absolute Gasteiger partial charge is 0.266 e. The van der Waals surface area contributed by atoms with Crippen molar-refractivity contribution in [2.45, 2.75) is 11.3 Å². The van der Waals surface area contributed by atoms with Gasteiger partial charge in [-0.2, -0.15) is 0 Å². The van der Waals surface area contributed by atoms with Gasteiger partial charge in [-0.3, -0.25) is 9.59 Å². The van der Waals surface area contributed by atoms with Gasteiger partial charge in [-0.05, 0) is 24.3 Å². The summed E-state index contributed by atoms with van der Waals surface area (Å²) < 4.78 is 24.9. The van der Waals surface area contributed by atoms with Gasteiger partial charge in [0, 0.05) is 4.90 Å². The maximum atomic E-state index is 12.4. The van der Waals surface area contributed by atoms with Crippen molar-refractivity contribution in [2.75, 3.05) is 10.7 Å². The van der Waals surface area contributed by atoms with Crippen LogP contribution in [-0.2, 0) is 0 Å². The fourth-order valence-electron chi connectivity index (χ4n) is 2.32. The average molecular weight is 319 g/mol. The Kier molecular flexibility index (Phi) is 3.94. The first-order chi connectivity index (χ1) is 10.6. The maximum Gasteiger partial charge on any atom is 0.266 e. The first-order valence-corrected chi connectivity index (χ1v) is 7.56. The second kappa shape index (κ2) is 5.88. The Hall–Kier alpha value is -2.21. The second-order valence-electron chi connectivity index (χ2n) is 4.66. The zero-order chi connectivity index (χ0) is 15.7. The van der Waals surface area contributed by atoms with Gasteiger partial charge < -0.3 is 0 Å². The minimum Gasteiger partial charge on any atom is -0.268 e. The van der Waals surface area contributed by atoms with Crippen LogP contribution in [0.15, 0.2) is 53.4 Å². The Morgan fingerprint density at radius 1 is 0.909 bits per heavy atom. The number of carbonyl (C=O) groups is 2. The summed E-state index contributed by atoms with van der Waals surface area (Å²) in [4.78, 5) is 26.4. The Labute approximate surface area is 129 Å². The molecule has 6 heteroatoms. The molecule has 1 heterocycles. The second-order valence-corrected chi connectivity index (χ2v) is 5.72. The molecule has 0 saturated carbocycles. The highest BCUT2D eigenvalue weighted by molar-refractivity contribution is 7.99. The number of para-hydroxylation sites is 1. The van der Waals surface area contributed by atoms with E-state index in [0.717, 1.165) is 16.7 Å². The standard InChI is InChI=1S/C16H11F2NO2S/c17-14(18)9-22-13-8-4-3-7-12(13)19-15(20)10-5-1-2-6-11(10)16(19)21/h1-8,14H,9H2. The normalized spacial score (nSPS) is 13.9. The van der Waals surface area contributed by atoms with Crippen molar-refractivity contribution >= 4 is 29.3 Å². The number of nitrogens with zero attached hydrogens (tertiary/aromatic N) is 1. The van der Waals surface area contributed by atoms with Gasteiger partial charge in [-0.25, -0.2) is 13.7 Å². The molecule has 1 aliphatic rings. The van der Waals surface area contributed by atoms with Crippen molar-refractivity contribution in [3.05, 3.63) is 59.7 Å². The molecule has 0 unspecified atom stereocenters. The Balaban J connectivity index is 1.99. The third-order valence-electron chi connectivity index (χ3n) is 3.27. The summed E-state index contributed by atoms with van der Waals surface area (Å²) in [7, 11) is 0. The molecule has 0 aromatic heterocycles. The van der Waals surface area contributed by atoms with Crippen LogP contribution in [0, 0.1) is 0 Å². The molecule has 1 aliphatic heterocycles. The van der Waals surface area contributed by atoms with Crippen LogP contribution < -0.4 is 4.90 Å². The van der Waals surface area contributed by atoms with Gasteiger partial charge in [0.2, 0.25) is 6.43 Å². The zero-order valence-electron chi connectivity index (χ0n) is 11.3. The van der Waals surface area contributed by atoms with Crippen molar-refractivity contribution in [2.24, 2.45) is 0 Å². The van der Waals surface area contributed by atoms with Crippen molar-refractivity contribution in [1.82, 2.24) is 0 Å². The topological polar surface area (TPSA) is 37.4 Å². The van der Waals surface area contributed by atoms with Gasteiger partial charge in [-0.1, -0.05) is 24.3 Å². The monoisotopic (exact) mass is 319 g/mol. The summed E-state index contributed by atoms with van der Waals surface area (Å²) in [6, 6.07) is 13.1. The third kappa shape index (κ3) is 2.50. The van der Waals surface area contributed by atoms with Crippen LogP contribution in [0.5, 0.6) is 0 Å². The summed E-state index contributed by atoms with van der Waals surface area (Å²) in [6.07, 6.45) is -2.46. The van der Waals surface area contributed by atoms with Crippen LogP contribution in [0.1, 0.15) is 20.7 Å². The minimum atomic E-state index is -2.46. The summed E-state index contributed by atoms with van der Waals surface area (Å²) in [5.74, 6) is -1.24. The van der Waals surface area contributed by atoms with Crippen LogP contribution in [0.4, 0.5) is 14.5 Å². The molecule has 0 bridgehead atoms. The highest BCUT2D eigenvalue weighted by Gasteiger charge is 2.37. The number of hydrogen-bond donors (Lipinski definition) is 0. The molecular weight excluding hydrogens is 308 g/mol. The summed E-state index contributed by atoms with van der Waals surface area (Å²) in [5.41, 5.74) is 1.02. The zero-order valence-corrected chi connectivity index (χ0v) is 12.1. The predicted molar refractivity (Wildman–Crippen MR) is 80.8 cm³/mol. The van der Waals surface area contributed by atoms with Crippen LogP contribution in [0.3, 0.4) is 0 Å². The summed E-state index contributed by atoms with van der Waals surface area (Å²) in [5, 5.41) is 0. The van der Waals surface area contributed by atoms with Crippen LogP contribution in [0.2, 0.25) is 0 Å². The van der Waals surface area contributed by atoms with E-state index in [4.69, 9.17) is 0 Å². The molecule has 22 heavy (non-hydrogen) atoms. The summed E-state index contributed by atoms with van der Waals surface area (Å²) in [6.45, 7) is 0. The fourth-order valence-corrected chi connectivity index (χ4v) is 3.11.